The van der Waals surface area contributed by atoms with Crippen LogP contribution in [0.25, 0.3) is 0 Å². The smallest absolute Gasteiger partial charge is 0.0132 e. The van der Waals surface area contributed by atoms with Crippen LogP contribution in [0.3, 0.4) is 0 Å². The number of nitrogens with one attached hydrogen (secondary N) is 1. The average molecular weight is 153 g/mol. The largest absolute Gasteiger partial charge is 0.313 e. The standard InChI is InChI=1S/C10H19N/c1-4-6-10(3)7-9-11-8-5-2/h4-5,10-11H,1-2,6-9H2,3H3. The van der Waals surface area contributed by atoms with E-state index in [1.807, 2.05) is 12.2 Å². The summed E-state index contributed by atoms with van der Waals surface area (Å²) in [5, 5.41) is 3.27. The summed E-state index contributed by atoms with van der Waals surface area (Å²) < 4.78 is 0. The lowest BCUT2D eigenvalue weighted by molar-refractivity contribution is 0.517. The third-order valence-corrected chi connectivity index (χ3v) is 1.67. The molecule has 1 heteroatoms. The Morgan fingerprint density at radius 3 is 2.64 bits per heavy atom. The van der Waals surface area contributed by atoms with Gasteiger partial charge in [-0.25, -0.2) is 0 Å². The summed E-state index contributed by atoms with van der Waals surface area (Å²) in [6.07, 6.45) is 6.21. The van der Waals surface area contributed by atoms with Gasteiger partial charge in [-0.05, 0) is 25.3 Å². The lowest BCUT2D eigenvalue weighted by atomic mass is 10.0. The Bertz CT molecular complexity index is 107. The summed E-state index contributed by atoms with van der Waals surface area (Å²) in [6, 6.07) is 0. The van der Waals surface area contributed by atoms with E-state index in [4.69, 9.17) is 0 Å². The molecule has 0 amide bonds. The maximum absolute atomic E-state index is 3.71. The molecule has 0 fully saturated rings. The highest BCUT2D eigenvalue weighted by Gasteiger charge is 1.96. The van der Waals surface area contributed by atoms with Crippen LogP contribution in [0, 0.1) is 5.92 Å². The zero-order valence-electron chi connectivity index (χ0n) is 7.47. The van der Waals surface area contributed by atoms with Gasteiger partial charge in [0, 0.05) is 6.54 Å². The van der Waals surface area contributed by atoms with Gasteiger partial charge in [0.15, 0.2) is 0 Å². The molecule has 1 atom stereocenters. The SMILES string of the molecule is C=CCNCCC(C)CC=C. The number of rotatable bonds is 7. The Balaban J connectivity index is 3.09. The van der Waals surface area contributed by atoms with Gasteiger partial charge in [-0.3, -0.25) is 0 Å². The van der Waals surface area contributed by atoms with Crippen LogP contribution in [0.5, 0.6) is 0 Å². The van der Waals surface area contributed by atoms with E-state index in [1.165, 1.54) is 6.42 Å². The Hall–Kier alpha value is -0.560. The van der Waals surface area contributed by atoms with Crippen molar-refractivity contribution < 1.29 is 0 Å². The molecule has 0 bridgehead atoms. The average Bonchev–Trinajstić information content (AvgIpc) is 1.99. The zero-order valence-corrected chi connectivity index (χ0v) is 7.47. The molecule has 0 heterocycles. The highest BCUT2D eigenvalue weighted by Crippen LogP contribution is 2.05. The molecule has 1 nitrogen and oxygen atoms in total. The molecular formula is C10H19N. The minimum Gasteiger partial charge on any atom is -0.313 e. The number of hydrogen-bond acceptors (Lipinski definition) is 1. The summed E-state index contributed by atoms with van der Waals surface area (Å²) >= 11 is 0. The summed E-state index contributed by atoms with van der Waals surface area (Å²) in [7, 11) is 0. The van der Waals surface area contributed by atoms with Crippen molar-refractivity contribution >= 4 is 0 Å². The molecule has 0 radical (unpaired) electrons. The summed E-state index contributed by atoms with van der Waals surface area (Å²) in [5.74, 6) is 0.754. The van der Waals surface area contributed by atoms with Crippen molar-refractivity contribution in [1.29, 1.82) is 0 Å². The Morgan fingerprint density at radius 2 is 2.09 bits per heavy atom. The van der Waals surface area contributed by atoms with Crippen molar-refractivity contribution in [2.45, 2.75) is 19.8 Å². The van der Waals surface area contributed by atoms with Crippen molar-refractivity contribution in [3.8, 4) is 0 Å². The van der Waals surface area contributed by atoms with Crippen LogP contribution in [-0.2, 0) is 0 Å². The molecule has 0 aliphatic rings. The molecule has 0 aliphatic heterocycles. The zero-order chi connectivity index (χ0) is 8.53. The molecule has 0 spiro atoms. The molecule has 0 aromatic rings. The van der Waals surface area contributed by atoms with E-state index in [1.54, 1.807) is 0 Å². The van der Waals surface area contributed by atoms with Gasteiger partial charge in [0.05, 0.1) is 0 Å². The van der Waals surface area contributed by atoms with Crippen molar-refractivity contribution in [1.82, 2.24) is 5.32 Å². The van der Waals surface area contributed by atoms with E-state index in [9.17, 15) is 0 Å². The van der Waals surface area contributed by atoms with Crippen LogP contribution >= 0.6 is 0 Å². The van der Waals surface area contributed by atoms with Gasteiger partial charge in [-0.2, -0.15) is 0 Å². The molecule has 0 aromatic carbocycles. The van der Waals surface area contributed by atoms with Crippen molar-refractivity contribution in [3.63, 3.8) is 0 Å². The van der Waals surface area contributed by atoms with Gasteiger partial charge in [0.2, 0.25) is 0 Å². The van der Waals surface area contributed by atoms with Gasteiger partial charge in [-0.15, -0.1) is 13.2 Å². The van der Waals surface area contributed by atoms with E-state index in [2.05, 4.69) is 25.4 Å². The third-order valence-electron chi connectivity index (χ3n) is 1.67. The molecular weight excluding hydrogens is 134 g/mol. The van der Waals surface area contributed by atoms with Gasteiger partial charge in [0.1, 0.15) is 0 Å². The first kappa shape index (κ1) is 10.4. The number of allylic oxidation sites excluding steroid dienone is 1. The molecule has 1 unspecified atom stereocenters. The van der Waals surface area contributed by atoms with E-state index in [0.717, 1.165) is 25.4 Å². The molecule has 0 aliphatic carbocycles. The van der Waals surface area contributed by atoms with Gasteiger partial charge in [-0.1, -0.05) is 19.1 Å². The fourth-order valence-electron chi connectivity index (χ4n) is 0.955. The van der Waals surface area contributed by atoms with Gasteiger partial charge in [0.25, 0.3) is 0 Å². The highest BCUT2D eigenvalue weighted by atomic mass is 14.8. The predicted octanol–water partition coefficient (Wildman–Crippen LogP) is 2.36. The molecule has 1 N–H and O–H groups in total. The fourth-order valence-corrected chi connectivity index (χ4v) is 0.955. The third kappa shape index (κ3) is 7.34. The molecule has 64 valence electrons. The minimum atomic E-state index is 0.754. The maximum atomic E-state index is 3.71. The van der Waals surface area contributed by atoms with Crippen LogP contribution in [0.4, 0.5) is 0 Å². The van der Waals surface area contributed by atoms with E-state index in [0.29, 0.717) is 0 Å². The Labute approximate surface area is 70.2 Å². The molecule has 0 rings (SSSR count). The topological polar surface area (TPSA) is 12.0 Å². The van der Waals surface area contributed by atoms with E-state index >= 15 is 0 Å². The Kier molecular flexibility index (Phi) is 7.16. The monoisotopic (exact) mass is 153 g/mol. The first-order chi connectivity index (χ1) is 5.31. The van der Waals surface area contributed by atoms with Crippen molar-refractivity contribution in [2.75, 3.05) is 13.1 Å². The van der Waals surface area contributed by atoms with E-state index < -0.39 is 0 Å². The number of hydrogen-bond donors (Lipinski definition) is 1. The second-order valence-corrected chi connectivity index (χ2v) is 2.91. The minimum absolute atomic E-state index is 0.754. The summed E-state index contributed by atoms with van der Waals surface area (Å²) in [5.41, 5.74) is 0. The van der Waals surface area contributed by atoms with Crippen LogP contribution in [0.15, 0.2) is 25.3 Å². The first-order valence-electron chi connectivity index (χ1n) is 4.23. The second-order valence-electron chi connectivity index (χ2n) is 2.91. The quantitative estimate of drug-likeness (QED) is 0.437. The maximum Gasteiger partial charge on any atom is 0.0132 e. The molecule has 0 saturated heterocycles. The predicted molar refractivity (Wildman–Crippen MR) is 51.7 cm³/mol. The first-order valence-corrected chi connectivity index (χ1v) is 4.23. The van der Waals surface area contributed by atoms with Crippen molar-refractivity contribution in [2.24, 2.45) is 5.92 Å². The lowest BCUT2D eigenvalue weighted by Crippen LogP contribution is -2.16. The van der Waals surface area contributed by atoms with Crippen molar-refractivity contribution in [3.05, 3.63) is 25.3 Å². The fraction of sp³-hybridized carbons (Fsp3) is 0.600. The van der Waals surface area contributed by atoms with Crippen LogP contribution in [0.2, 0.25) is 0 Å². The molecule has 11 heavy (non-hydrogen) atoms. The molecule has 0 aromatic heterocycles. The summed E-state index contributed by atoms with van der Waals surface area (Å²) in [4.78, 5) is 0. The normalized spacial score (nSPS) is 12.5. The van der Waals surface area contributed by atoms with Crippen LogP contribution < -0.4 is 5.32 Å². The van der Waals surface area contributed by atoms with Crippen LogP contribution in [0.1, 0.15) is 19.8 Å². The van der Waals surface area contributed by atoms with E-state index in [-0.39, 0.29) is 0 Å². The summed E-state index contributed by atoms with van der Waals surface area (Å²) in [6.45, 7) is 11.6. The van der Waals surface area contributed by atoms with Gasteiger partial charge >= 0.3 is 0 Å². The highest BCUT2D eigenvalue weighted by molar-refractivity contribution is 4.73. The van der Waals surface area contributed by atoms with Crippen LogP contribution in [-0.4, -0.2) is 13.1 Å². The second kappa shape index (κ2) is 7.55. The van der Waals surface area contributed by atoms with Gasteiger partial charge < -0.3 is 5.32 Å². The molecule has 0 saturated carbocycles. The lowest BCUT2D eigenvalue weighted by Gasteiger charge is -2.07. The Morgan fingerprint density at radius 1 is 1.36 bits per heavy atom.